The molecule has 0 atom stereocenters. The lowest BCUT2D eigenvalue weighted by molar-refractivity contribution is 0.293. The molecule has 130 valence electrons. The Kier molecular flexibility index (Phi) is 4.25. The molecule has 2 aromatic rings. The van der Waals surface area contributed by atoms with E-state index in [0.29, 0.717) is 0 Å². The molecule has 0 saturated carbocycles. The Hall–Kier alpha value is -2.27. The number of anilines is 1. The van der Waals surface area contributed by atoms with Crippen LogP contribution in [-0.4, -0.2) is 18.9 Å². The molecular weight excluding hydrogens is 320 g/mol. The number of nitrogens with zero attached hydrogens (tertiary/aromatic N) is 1. The Morgan fingerprint density at radius 3 is 2.44 bits per heavy atom. The van der Waals surface area contributed by atoms with E-state index in [4.69, 9.17) is 0 Å². The number of para-hydroxylation sites is 1. The van der Waals surface area contributed by atoms with E-state index in [1.807, 2.05) is 18.2 Å². The molecule has 3 nitrogen and oxygen atoms in total. The monoisotopic (exact) mass is 341 g/mol. The molecular formula is C20H21F2N3. The number of benzene rings is 2. The lowest BCUT2D eigenvalue weighted by Gasteiger charge is -2.42. The number of aliphatic imine (C=N–C) groups is 1. The number of hydrogen-bond donors (Lipinski definition) is 2. The zero-order chi connectivity index (χ0) is 17.3. The van der Waals surface area contributed by atoms with Crippen molar-refractivity contribution in [2.24, 2.45) is 10.4 Å². The first kappa shape index (κ1) is 16.2. The van der Waals surface area contributed by atoms with E-state index in [0.717, 1.165) is 43.9 Å². The minimum atomic E-state index is -0.542. The summed E-state index contributed by atoms with van der Waals surface area (Å²) in [6, 6.07) is 12.1. The molecule has 1 saturated heterocycles. The van der Waals surface area contributed by atoms with Gasteiger partial charge in [-0.05, 0) is 56.1 Å². The minimum Gasteiger partial charge on any atom is -0.343 e. The SMILES string of the molecule is Fc1cccc(F)c1CN=C1Nc2ccccc2CC12CCNCC2. The van der Waals surface area contributed by atoms with Crippen LogP contribution in [0, 0.1) is 17.0 Å². The van der Waals surface area contributed by atoms with Crippen LogP contribution in [0.25, 0.3) is 0 Å². The zero-order valence-electron chi connectivity index (χ0n) is 14.0. The van der Waals surface area contributed by atoms with E-state index in [9.17, 15) is 8.78 Å². The molecule has 2 N–H and O–H groups in total. The minimum absolute atomic E-state index is 0.0121. The van der Waals surface area contributed by atoms with Crippen molar-refractivity contribution in [3.05, 3.63) is 65.2 Å². The maximum Gasteiger partial charge on any atom is 0.131 e. The molecule has 0 radical (unpaired) electrons. The maximum absolute atomic E-state index is 13.9. The highest BCUT2D eigenvalue weighted by Crippen LogP contribution is 2.40. The lowest BCUT2D eigenvalue weighted by atomic mass is 9.71. The van der Waals surface area contributed by atoms with Crippen molar-refractivity contribution in [2.45, 2.75) is 25.8 Å². The standard InChI is InChI=1S/C20H21F2N3/c21-16-5-3-6-17(22)15(16)13-24-19-20(8-10-23-11-9-20)12-14-4-1-2-7-18(14)25-19/h1-7,23H,8-13H2,(H,24,25). The molecule has 0 amide bonds. The molecule has 0 unspecified atom stereocenters. The van der Waals surface area contributed by atoms with Gasteiger partial charge < -0.3 is 10.6 Å². The second-order valence-corrected chi connectivity index (χ2v) is 6.85. The van der Waals surface area contributed by atoms with E-state index >= 15 is 0 Å². The van der Waals surface area contributed by atoms with Crippen LogP contribution in [0.2, 0.25) is 0 Å². The number of fused-ring (bicyclic) bond motifs is 1. The number of nitrogens with one attached hydrogen (secondary N) is 2. The van der Waals surface area contributed by atoms with Crippen molar-refractivity contribution in [3.63, 3.8) is 0 Å². The fourth-order valence-electron chi connectivity index (χ4n) is 3.87. The molecule has 25 heavy (non-hydrogen) atoms. The summed E-state index contributed by atoms with van der Waals surface area (Å²) in [5.41, 5.74) is 2.26. The lowest BCUT2D eigenvalue weighted by Crippen LogP contribution is -2.48. The first-order valence-electron chi connectivity index (χ1n) is 8.71. The van der Waals surface area contributed by atoms with Crippen molar-refractivity contribution in [1.82, 2.24) is 5.32 Å². The Morgan fingerprint density at radius 1 is 0.960 bits per heavy atom. The van der Waals surface area contributed by atoms with Crippen molar-refractivity contribution < 1.29 is 8.78 Å². The molecule has 1 spiro atoms. The summed E-state index contributed by atoms with van der Waals surface area (Å²) < 4.78 is 27.9. The van der Waals surface area contributed by atoms with E-state index in [-0.39, 0.29) is 17.5 Å². The van der Waals surface area contributed by atoms with Gasteiger partial charge in [-0.2, -0.15) is 0 Å². The molecule has 0 aromatic heterocycles. The van der Waals surface area contributed by atoms with Crippen LogP contribution in [0.5, 0.6) is 0 Å². The summed E-state index contributed by atoms with van der Waals surface area (Å²) in [6.07, 6.45) is 2.84. The van der Waals surface area contributed by atoms with Gasteiger partial charge in [-0.15, -0.1) is 0 Å². The molecule has 5 heteroatoms. The third kappa shape index (κ3) is 3.04. The second-order valence-electron chi connectivity index (χ2n) is 6.85. The van der Waals surface area contributed by atoms with Gasteiger partial charge in [0.15, 0.2) is 0 Å². The number of halogens is 2. The first-order chi connectivity index (χ1) is 12.2. The quantitative estimate of drug-likeness (QED) is 0.869. The third-order valence-corrected chi connectivity index (χ3v) is 5.32. The highest BCUT2D eigenvalue weighted by Gasteiger charge is 2.41. The van der Waals surface area contributed by atoms with Crippen molar-refractivity contribution in [1.29, 1.82) is 0 Å². The van der Waals surface area contributed by atoms with Crippen molar-refractivity contribution in [2.75, 3.05) is 18.4 Å². The number of piperidine rings is 1. The van der Waals surface area contributed by atoms with Gasteiger partial charge in [-0.3, -0.25) is 4.99 Å². The molecule has 1 fully saturated rings. The van der Waals surface area contributed by atoms with Gasteiger partial charge in [0.1, 0.15) is 17.5 Å². The zero-order valence-corrected chi connectivity index (χ0v) is 14.0. The predicted molar refractivity (Wildman–Crippen MR) is 95.8 cm³/mol. The number of hydrogen-bond acceptors (Lipinski definition) is 2. The average Bonchev–Trinajstić information content (AvgIpc) is 2.62. The van der Waals surface area contributed by atoms with Crippen LogP contribution < -0.4 is 10.6 Å². The van der Waals surface area contributed by atoms with Gasteiger partial charge in [-0.25, -0.2) is 8.78 Å². The van der Waals surface area contributed by atoms with E-state index in [1.165, 1.54) is 23.8 Å². The molecule has 0 bridgehead atoms. The maximum atomic E-state index is 13.9. The summed E-state index contributed by atoms with van der Waals surface area (Å²) in [5, 5.41) is 6.83. The van der Waals surface area contributed by atoms with Crippen LogP contribution in [-0.2, 0) is 13.0 Å². The van der Waals surface area contributed by atoms with Gasteiger partial charge in [-0.1, -0.05) is 24.3 Å². The van der Waals surface area contributed by atoms with Crippen LogP contribution in [0.1, 0.15) is 24.0 Å². The van der Waals surface area contributed by atoms with Crippen LogP contribution >= 0.6 is 0 Å². The van der Waals surface area contributed by atoms with E-state index < -0.39 is 11.6 Å². The van der Waals surface area contributed by atoms with Gasteiger partial charge >= 0.3 is 0 Å². The van der Waals surface area contributed by atoms with Gasteiger partial charge in [0.05, 0.1) is 6.54 Å². The number of rotatable bonds is 2. The molecule has 2 aliphatic heterocycles. The molecule has 2 aromatic carbocycles. The first-order valence-corrected chi connectivity index (χ1v) is 8.71. The van der Waals surface area contributed by atoms with Crippen molar-refractivity contribution in [3.8, 4) is 0 Å². The molecule has 2 aliphatic rings. The summed E-state index contributed by atoms with van der Waals surface area (Å²) in [7, 11) is 0. The van der Waals surface area contributed by atoms with E-state index in [1.54, 1.807) is 0 Å². The Morgan fingerprint density at radius 2 is 1.68 bits per heavy atom. The van der Waals surface area contributed by atoms with Gasteiger partial charge in [0.2, 0.25) is 0 Å². The van der Waals surface area contributed by atoms with Crippen molar-refractivity contribution >= 4 is 11.5 Å². The third-order valence-electron chi connectivity index (χ3n) is 5.32. The Balaban J connectivity index is 1.70. The second kappa shape index (κ2) is 6.56. The molecule has 4 rings (SSSR count). The Labute approximate surface area is 146 Å². The smallest absolute Gasteiger partial charge is 0.131 e. The summed E-state index contributed by atoms with van der Waals surface area (Å²) >= 11 is 0. The number of amidine groups is 1. The summed E-state index contributed by atoms with van der Waals surface area (Å²) in [6.45, 7) is 1.87. The summed E-state index contributed by atoms with van der Waals surface area (Å²) in [5.74, 6) is -0.227. The van der Waals surface area contributed by atoms with Gasteiger partial charge in [0, 0.05) is 16.7 Å². The summed E-state index contributed by atoms with van der Waals surface area (Å²) in [4.78, 5) is 4.65. The highest BCUT2D eigenvalue weighted by atomic mass is 19.1. The molecule has 0 aliphatic carbocycles. The highest BCUT2D eigenvalue weighted by molar-refractivity contribution is 6.02. The average molecular weight is 341 g/mol. The fourth-order valence-corrected chi connectivity index (χ4v) is 3.87. The predicted octanol–water partition coefficient (Wildman–Crippen LogP) is 3.90. The van der Waals surface area contributed by atoms with Crippen LogP contribution in [0.3, 0.4) is 0 Å². The normalized spacial score (nSPS) is 20.3. The topological polar surface area (TPSA) is 36.4 Å². The van der Waals surface area contributed by atoms with Crippen LogP contribution in [0.4, 0.5) is 14.5 Å². The fraction of sp³-hybridized carbons (Fsp3) is 0.350. The van der Waals surface area contributed by atoms with E-state index in [2.05, 4.69) is 21.7 Å². The van der Waals surface area contributed by atoms with Gasteiger partial charge in [0.25, 0.3) is 0 Å². The van der Waals surface area contributed by atoms with Crippen LogP contribution in [0.15, 0.2) is 47.5 Å². The largest absolute Gasteiger partial charge is 0.343 e. The molecule has 2 heterocycles. The Bertz CT molecular complexity index is 790.